The van der Waals surface area contributed by atoms with Crippen LogP contribution in [0.3, 0.4) is 0 Å². The molecule has 2 N–H and O–H groups in total. The highest BCUT2D eigenvalue weighted by atomic mass is 79.9. The van der Waals surface area contributed by atoms with Gasteiger partial charge in [0.25, 0.3) is 0 Å². The number of fused-ring (bicyclic) bond motifs is 1. The zero-order chi connectivity index (χ0) is 14.8. The summed E-state index contributed by atoms with van der Waals surface area (Å²) in [6.07, 6.45) is 0. The topological polar surface area (TPSA) is 78.9 Å². The molecule has 0 bridgehead atoms. The number of anilines is 1. The van der Waals surface area contributed by atoms with Crippen molar-refractivity contribution in [1.82, 2.24) is 19.5 Å². The Bertz CT molecular complexity index is 772. The van der Waals surface area contributed by atoms with Gasteiger partial charge in [-0.05, 0) is 28.4 Å². The van der Waals surface area contributed by atoms with Crippen LogP contribution >= 0.6 is 15.9 Å². The molecule has 0 saturated carbocycles. The molecule has 0 aliphatic heterocycles. The lowest BCUT2D eigenvalue weighted by atomic mass is 10.2. The van der Waals surface area contributed by atoms with Gasteiger partial charge in [0.1, 0.15) is 6.61 Å². The molecule has 2 heterocycles. The maximum atomic E-state index is 5.94. The Balaban J connectivity index is 1.92. The van der Waals surface area contributed by atoms with Crippen molar-refractivity contribution in [1.29, 1.82) is 0 Å². The molecule has 0 radical (unpaired) electrons. The first-order chi connectivity index (χ1) is 10.2. The van der Waals surface area contributed by atoms with Gasteiger partial charge in [0.05, 0.1) is 0 Å². The number of hydrogen-bond acceptors (Lipinski definition) is 5. The first-order valence-electron chi connectivity index (χ1n) is 6.55. The van der Waals surface area contributed by atoms with Gasteiger partial charge in [0.2, 0.25) is 0 Å². The van der Waals surface area contributed by atoms with Gasteiger partial charge in [-0.1, -0.05) is 30.3 Å². The third-order valence-corrected chi connectivity index (χ3v) is 3.69. The minimum atomic E-state index is 0.256. The summed E-state index contributed by atoms with van der Waals surface area (Å²) < 4.78 is 8.22. The van der Waals surface area contributed by atoms with Crippen molar-refractivity contribution in [3.05, 3.63) is 40.6 Å². The van der Waals surface area contributed by atoms with Crippen molar-refractivity contribution in [2.24, 2.45) is 0 Å². The third kappa shape index (κ3) is 2.69. The molecule has 0 spiro atoms. The predicted molar refractivity (Wildman–Crippen MR) is 83.9 cm³/mol. The molecule has 0 amide bonds. The molecule has 21 heavy (non-hydrogen) atoms. The number of hydrogen-bond donors (Lipinski definition) is 1. The molecule has 3 rings (SSSR count). The van der Waals surface area contributed by atoms with Gasteiger partial charge in [-0.3, -0.25) is 0 Å². The smallest absolute Gasteiger partial charge is 0.320 e. The van der Waals surface area contributed by atoms with E-state index in [2.05, 4.69) is 30.9 Å². The van der Waals surface area contributed by atoms with Gasteiger partial charge in [0, 0.05) is 6.54 Å². The van der Waals surface area contributed by atoms with Crippen LogP contribution in [0.2, 0.25) is 0 Å². The van der Waals surface area contributed by atoms with Crippen molar-refractivity contribution >= 4 is 32.9 Å². The largest absolute Gasteiger partial charge is 0.458 e. The summed E-state index contributed by atoms with van der Waals surface area (Å²) in [5, 5.41) is 0. The minimum Gasteiger partial charge on any atom is -0.458 e. The summed E-state index contributed by atoms with van der Waals surface area (Å²) in [7, 11) is 0. The third-order valence-electron chi connectivity index (χ3n) is 3.08. The first-order valence-corrected chi connectivity index (χ1v) is 7.34. The molecule has 2 aromatic heterocycles. The molecule has 7 heteroatoms. The van der Waals surface area contributed by atoms with Gasteiger partial charge in [-0.15, -0.1) is 0 Å². The van der Waals surface area contributed by atoms with E-state index < -0.39 is 0 Å². The molecular weight excluding hydrogens is 334 g/mol. The van der Waals surface area contributed by atoms with Gasteiger partial charge < -0.3 is 15.0 Å². The Hall–Kier alpha value is -2.15. The predicted octanol–water partition coefficient (Wildman–Crippen LogP) is 2.77. The van der Waals surface area contributed by atoms with E-state index in [0.717, 1.165) is 12.1 Å². The lowest BCUT2D eigenvalue weighted by Gasteiger charge is -2.06. The van der Waals surface area contributed by atoms with E-state index in [1.54, 1.807) is 0 Å². The summed E-state index contributed by atoms with van der Waals surface area (Å²) in [5.74, 6) is 0.316. The molecule has 0 fully saturated rings. The average molecular weight is 348 g/mol. The van der Waals surface area contributed by atoms with Crippen LogP contribution in [0, 0.1) is 0 Å². The minimum absolute atomic E-state index is 0.256. The molecule has 0 saturated heterocycles. The van der Waals surface area contributed by atoms with Gasteiger partial charge in [0.15, 0.2) is 21.7 Å². The summed E-state index contributed by atoms with van der Waals surface area (Å²) in [6, 6.07) is 10.1. The Kier molecular flexibility index (Phi) is 3.74. The van der Waals surface area contributed by atoms with Crippen LogP contribution < -0.4 is 10.5 Å². The molecule has 3 aromatic rings. The van der Waals surface area contributed by atoms with Crippen LogP contribution in [0.1, 0.15) is 12.5 Å². The van der Waals surface area contributed by atoms with Gasteiger partial charge in [-0.2, -0.15) is 9.97 Å². The number of aryl methyl sites for hydroxylation is 1. The second kappa shape index (κ2) is 5.69. The average Bonchev–Trinajstić information content (AvgIpc) is 2.82. The quantitative estimate of drug-likeness (QED) is 0.734. The molecular formula is C14H14BrN5O. The van der Waals surface area contributed by atoms with Crippen molar-refractivity contribution in [2.45, 2.75) is 20.1 Å². The van der Waals surface area contributed by atoms with Crippen LogP contribution in [-0.4, -0.2) is 19.5 Å². The van der Waals surface area contributed by atoms with E-state index in [1.807, 2.05) is 41.8 Å². The Labute approximate surface area is 130 Å². The zero-order valence-corrected chi connectivity index (χ0v) is 13.0. The summed E-state index contributed by atoms with van der Waals surface area (Å²) in [6.45, 7) is 3.13. The van der Waals surface area contributed by atoms with Crippen LogP contribution in [0.5, 0.6) is 6.01 Å². The number of nitrogens with two attached hydrogens (primary N) is 1. The number of imidazole rings is 1. The van der Waals surface area contributed by atoms with Crippen molar-refractivity contribution in [3.8, 4) is 6.01 Å². The zero-order valence-electron chi connectivity index (χ0n) is 11.5. The molecule has 1 aromatic carbocycles. The number of rotatable bonds is 4. The fourth-order valence-corrected chi connectivity index (χ4v) is 2.64. The van der Waals surface area contributed by atoms with Crippen molar-refractivity contribution < 1.29 is 4.74 Å². The van der Waals surface area contributed by atoms with Crippen molar-refractivity contribution in [2.75, 3.05) is 5.73 Å². The highest BCUT2D eigenvalue weighted by molar-refractivity contribution is 9.10. The Morgan fingerprint density at radius 2 is 1.95 bits per heavy atom. The molecule has 0 aliphatic carbocycles. The van der Waals surface area contributed by atoms with E-state index in [4.69, 9.17) is 10.5 Å². The van der Waals surface area contributed by atoms with Crippen LogP contribution in [-0.2, 0) is 13.2 Å². The lowest BCUT2D eigenvalue weighted by molar-refractivity contribution is 0.282. The van der Waals surface area contributed by atoms with Crippen LogP contribution in [0.25, 0.3) is 11.2 Å². The number of nitrogens with zero attached hydrogens (tertiary/aromatic N) is 4. The van der Waals surface area contributed by atoms with E-state index in [9.17, 15) is 0 Å². The fourth-order valence-electron chi connectivity index (χ4n) is 2.04. The Morgan fingerprint density at radius 3 is 2.67 bits per heavy atom. The normalized spacial score (nSPS) is 11.0. The number of aromatic nitrogens is 4. The van der Waals surface area contributed by atoms with Gasteiger partial charge in [-0.25, -0.2) is 4.98 Å². The maximum Gasteiger partial charge on any atom is 0.320 e. The number of benzene rings is 1. The second-order valence-electron chi connectivity index (χ2n) is 4.46. The highest BCUT2D eigenvalue weighted by Crippen LogP contribution is 2.24. The van der Waals surface area contributed by atoms with Gasteiger partial charge >= 0.3 is 6.01 Å². The Morgan fingerprint density at radius 1 is 1.19 bits per heavy atom. The lowest BCUT2D eigenvalue weighted by Crippen LogP contribution is -2.04. The number of ether oxygens (including phenoxy) is 1. The fraction of sp³-hybridized carbons (Fsp3) is 0.214. The monoisotopic (exact) mass is 347 g/mol. The first kappa shape index (κ1) is 13.8. The second-order valence-corrected chi connectivity index (χ2v) is 5.17. The van der Waals surface area contributed by atoms with Crippen molar-refractivity contribution in [3.63, 3.8) is 0 Å². The number of halogens is 1. The van der Waals surface area contributed by atoms with E-state index in [0.29, 0.717) is 28.3 Å². The molecule has 6 nitrogen and oxygen atoms in total. The molecule has 108 valence electrons. The highest BCUT2D eigenvalue weighted by Gasteiger charge is 2.14. The summed E-state index contributed by atoms with van der Waals surface area (Å²) in [4.78, 5) is 12.9. The molecule has 0 aliphatic rings. The van der Waals surface area contributed by atoms with Crippen LogP contribution in [0.15, 0.2) is 35.1 Å². The summed E-state index contributed by atoms with van der Waals surface area (Å²) >= 11 is 3.39. The van der Waals surface area contributed by atoms with E-state index in [1.165, 1.54) is 0 Å². The molecule has 0 atom stereocenters. The van der Waals surface area contributed by atoms with E-state index in [-0.39, 0.29) is 6.01 Å². The summed E-state index contributed by atoms with van der Waals surface area (Å²) in [5.41, 5.74) is 8.23. The SMILES string of the molecule is CCn1c(Br)nc2c(N)nc(OCc3ccccc3)nc21. The van der Waals surface area contributed by atoms with E-state index >= 15 is 0 Å². The number of nitrogen functional groups attached to an aromatic ring is 1. The maximum absolute atomic E-state index is 5.94. The standard InChI is InChI=1S/C14H14BrN5O/c1-2-20-12-10(17-13(20)15)11(16)18-14(19-12)21-8-9-6-4-3-5-7-9/h3-7H,2,8H2,1H3,(H2,16,18,19). The molecule has 0 unspecified atom stereocenters. The van der Waals surface area contributed by atoms with Crippen LogP contribution in [0.4, 0.5) is 5.82 Å².